The summed E-state index contributed by atoms with van der Waals surface area (Å²) in [6.45, 7) is 14.5. The van der Waals surface area contributed by atoms with E-state index < -0.39 is 34.8 Å². The molecule has 0 spiro atoms. The number of aromatic amines is 2. The van der Waals surface area contributed by atoms with Gasteiger partial charge < -0.3 is 33.6 Å². The molecule has 1 aromatic carbocycles. The van der Waals surface area contributed by atoms with Crippen molar-refractivity contribution in [2.24, 2.45) is 11.8 Å². The van der Waals surface area contributed by atoms with Crippen molar-refractivity contribution in [2.45, 2.75) is 52.6 Å². The van der Waals surface area contributed by atoms with Gasteiger partial charge in [0.25, 0.3) is 0 Å². The van der Waals surface area contributed by atoms with Gasteiger partial charge in [-0.25, -0.2) is 4.98 Å². The molecule has 11 nitrogen and oxygen atoms in total. The number of anilines is 1. The second-order valence-electron chi connectivity index (χ2n) is 13.7. The first-order chi connectivity index (χ1) is 25.0. The van der Waals surface area contributed by atoms with Gasteiger partial charge in [0.1, 0.15) is 5.60 Å². The molecule has 3 aromatic rings. The summed E-state index contributed by atoms with van der Waals surface area (Å²) in [5.41, 5.74) is 10.1. The van der Waals surface area contributed by atoms with Gasteiger partial charge in [-0.2, -0.15) is 0 Å². The number of carboxylic acid groups (broad SMARTS) is 2. The van der Waals surface area contributed by atoms with E-state index in [-0.39, 0.29) is 62.0 Å². The average molecular weight is 804 g/mol. The summed E-state index contributed by atoms with van der Waals surface area (Å²) in [5, 5.41) is 34.6. The van der Waals surface area contributed by atoms with E-state index in [1.807, 2.05) is 39.0 Å². The maximum atomic E-state index is 12.7. The van der Waals surface area contributed by atoms with Gasteiger partial charge in [-0.05, 0) is 112 Å². The first-order valence-electron chi connectivity index (χ1n) is 16.9. The van der Waals surface area contributed by atoms with E-state index >= 15 is 0 Å². The van der Waals surface area contributed by atoms with Crippen LogP contribution in [-0.2, 0) is 20.6 Å². The van der Waals surface area contributed by atoms with Gasteiger partial charge >= 0.3 is 71.1 Å². The third kappa shape index (κ3) is 8.10. The fourth-order valence-electron chi connectivity index (χ4n) is 7.21. The molecule has 3 aliphatic heterocycles. The predicted molar refractivity (Wildman–Crippen MR) is 211 cm³/mol. The van der Waals surface area contributed by atoms with Crippen molar-refractivity contribution in [1.29, 1.82) is 0 Å². The number of nitrogens with one attached hydrogen (secondary N) is 4. The van der Waals surface area contributed by atoms with Crippen molar-refractivity contribution < 1.29 is 86.9 Å². The number of carboxylic acids is 2. The number of carbonyl (C=O) groups is 2. The normalized spacial score (nSPS) is 19.6. The average Bonchev–Trinajstić information content (AvgIpc) is 3.75. The molecule has 2 aromatic heterocycles. The number of aliphatic hydroxyl groups is 1. The van der Waals surface area contributed by atoms with Crippen LogP contribution in [0.1, 0.15) is 65.8 Å². The summed E-state index contributed by atoms with van der Waals surface area (Å²) in [7, 11) is 0. The first-order valence-corrected chi connectivity index (χ1v) is 17.6. The van der Waals surface area contributed by atoms with Crippen LogP contribution in [0.2, 0.25) is 10.0 Å². The van der Waals surface area contributed by atoms with E-state index in [0.717, 1.165) is 11.1 Å². The Morgan fingerprint density at radius 3 is 2.31 bits per heavy atom. The number of nitrogens with zero attached hydrogens (tertiary/aromatic N) is 2. The summed E-state index contributed by atoms with van der Waals surface area (Å²) < 4.78 is 0. The maximum Gasteiger partial charge on any atom is 1.00 e. The van der Waals surface area contributed by atoms with Gasteiger partial charge in [0.2, 0.25) is 0 Å². The van der Waals surface area contributed by atoms with Crippen LogP contribution in [-0.4, -0.2) is 47.2 Å². The van der Waals surface area contributed by atoms with E-state index in [0.29, 0.717) is 77.0 Å². The molecule has 15 heteroatoms. The number of hydrogen-bond acceptors (Lipinski definition) is 7. The quantitative estimate of drug-likeness (QED) is 0.0936. The number of aryl methyl sites for hydroxylation is 1. The number of benzene rings is 1. The van der Waals surface area contributed by atoms with Gasteiger partial charge in [-0.1, -0.05) is 36.2 Å². The number of rotatable bonds is 9. The minimum Gasteiger partial charge on any atom is -1.00 e. The third-order valence-electron chi connectivity index (χ3n) is 10.4. The Bertz CT molecular complexity index is 2500. The molecular formula is C40H42Cl2N6Na2O5. The van der Waals surface area contributed by atoms with Crippen LogP contribution in [0.3, 0.4) is 0 Å². The van der Waals surface area contributed by atoms with Crippen LogP contribution in [0.4, 0.5) is 5.69 Å². The van der Waals surface area contributed by atoms with Gasteiger partial charge in [-0.3, -0.25) is 20.0 Å². The number of aromatic nitrogens is 4. The Labute approximate surface area is 375 Å². The number of hydrazine groups is 1. The van der Waals surface area contributed by atoms with E-state index in [2.05, 4.69) is 27.4 Å². The molecule has 8 bridgehead atoms. The Balaban J connectivity index is 0.00000280. The Kier molecular flexibility index (Phi) is 13.7. The van der Waals surface area contributed by atoms with Gasteiger partial charge in [-0.15, -0.1) is 6.58 Å². The minimum atomic E-state index is -1.60. The van der Waals surface area contributed by atoms with E-state index in [1.165, 1.54) is 0 Å². The first kappa shape index (κ1) is 44.4. The molecule has 3 aliphatic rings. The van der Waals surface area contributed by atoms with E-state index in [4.69, 9.17) is 33.2 Å². The predicted octanol–water partition coefficient (Wildman–Crippen LogP) is 0.741. The number of hydrogen-bond donors (Lipinski definition) is 7. The summed E-state index contributed by atoms with van der Waals surface area (Å²) in [5.74, 6) is -3.90. The Hall–Kier alpha value is -3.36. The minimum absolute atomic E-state index is 0. The second kappa shape index (κ2) is 17.0. The number of halogens is 2. The van der Waals surface area contributed by atoms with Crippen LogP contribution in [0.25, 0.3) is 33.3 Å². The molecule has 0 amide bonds. The number of fused-ring (bicyclic) bond motifs is 8. The molecule has 278 valence electrons. The summed E-state index contributed by atoms with van der Waals surface area (Å²) in [6, 6.07) is 14.1. The smallest absolute Gasteiger partial charge is 1.00 e. The molecule has 0 radical (unpaired) electrons. The van der Waals surface area contributed by atoms with Crippen LogP contribution in [0, 0.1) is 18.8 Å². The van der Waals surface area contributed by atoms with Gasteiger partial charge in [0.15, 0.2) is 0 Å². The molecule has 0 aliphatic carbocycles. The monoisotopic (exact) mass is 802 g/mol. The molecule has 0 fully saturated rings. The van der Waals surface area contributed by atoms with Crippen molar-refractivity contribution in [3.05, 3.63) is 123 Å². The fourth-order valence-corrected chi connectivity index (χ4v) is 7.66. The van der Waals surface area contributed by atoms with Gasteiger partial charge in [0.05, 0.1) is 56.1 Å². The second-order valence-corrected chi connectivity index (χ2v) is 14.5. The van der Waals surface area contributed by atoms with Gasteiger partial charge in [0, 0.05) is 33.2 Å². The summed E-state index contributed by atoms with van der Waals surface area (Å²) in [4.78, 5) is 41.6. The molecular weight excluding hydrogens is 761 g/mol. The number of aliphatic carboxylic acids is 2. The van der Waals surface area contributed by atoms with Crippen molar-refractivity contribution >= 4 is 74.2 Å². The van der Waals surface area contributed by atoms with E-state index in [9.17, 15) is 24.9 Å². The van der Waals surface area contributed by atoms with Crippen LogP contribution in [0.5, 0.6) is 0 Å². The topological polar surface area (TPSA) is 176 Å². The molecule has 5 heterocycles. The zero-order valence-electron chi connectivity index (χ0n) is 34.0. The molecule has 7 N–H and O–H groups in total. The molecule has 6 rings (SSSR count). The Morgan fingerprint density at radius 1 is 0.964 bits per heavy atom. The zero-order valence-corrected chi connectivity index (χ0v) is 37.5. The SMILES string of the molecule is C=CC1(C(C)C(=O)O)C(C)=c2cc3nc(cc4cc(C)c(cc5[nH]c(cc1n2)C(C)(O)C=5C=CNNc1ccc(Cl)cc1Cl)[nH]4)C(C(C)C(=O)O)=C3C.[H-].[H-].[Na+].[Na+]. The van der Waals surface area contributed by atoms with Crippen LogP contribution >= 0.6 is 23.2 Å². The molecule has 4 unspecified atom stereocenters. The molecule has 0 saturated carbocycles. The standard InChI is InChI=1S/C40H40Cl2N6O5.2Na.2H/c1-8-40(23(6)38(51)52)22(5)31-17-30-20(3)36(21(4)37(49)50)33(45-30)15-25-13-19(2)29(44-25)16-32-26(39(7,53)34(47-32)18-35(40)46-31)11-12-43-48-28-10-9-24(41)14-27(28)42;;;;/h8-18,21,23,43-44,47-48,53H,1H2,2-7H3,(H,49,50)(H,51,52);;;;/q;2*+1;2*-1. The fraction of sp³-hybridized carbons (Fsp3) is 0.250. The molecule has 0 saturated heterocycles. The number of H-pyrrole nitrogens is 2. The third-order valence-corrected chi connectivity index (χ3v) is 11.0. The van der Waals surface area contributed by atoms with Crippen molar-refractivity contribution in [3.63, 3.8) is 0 Å². The Morgan fingerprint density at radius 2 is 1.67 bits per heavy atom. The van der Waals surface area contributed by atoms with Crippen molar-refractivity contribution in [3.8, 4) is 0 Å². The largest absolute Gasteiger partial charge is 1.00 e. The van der Waals surface area contributed by atoms with Crippen molar-refractivity contribution in [1.82, 2.24) is 25.4 Å². The van der Waals surface area contributed by atoms with E-state index in [1.54, 1.807) is 69.5 Å². The zero-order chi connectivity index (χ0) is 38.6. The summed E-state index contributed by atoms with van der Waals surface area (Å²) >= 11 is 12.4. The summed E-state index contributed by atoms with van der Waals surface area (Å²) in [6.07, 6.45) is 4.92. The van der Waals surface area contributed by atoms with Crippen LogP contribution in [0.15, 0.2) is 73.5 Å². The maximum absolute atomic E-state index is 12.7. The van der Waals surface area contributed by atoms with Crippen LogP contribution < -0.4 is 80.7 Å². The molecule has 4 atom stereocenters. The number of allylic oxidation sites excluding steroid dienone is 2. The van der Waals surface area contributed by atoms with Crippen molar-refractivity contribution in [2.75, 3.05) is 5.43 Å². The molecule has 55 heavy (non-hydrogen) atoms.